The van der Waals surface area contributed by atoms with Crippen molar-refractivity contribution < 1.29 is 9.53 Å². The standard InChI is InChI=1S/C13H20N2O2/c1-4-17-13(16)11-7-5-6-10-12(9(2)3)14-8-15(10)11/h8-9,11H,4-7H2,1-3H3. The molecule has 1 aliphatic rings. The summed E-state index contributed by atoms with van der Waals surface area (Å²) in [5.74, 6) is 0.286. The minimum absolute atomic E-state index is 0.124. The number of esters is 1. The highest BCUT2D eigenvalue weighted by atomic mass is 16.5. The zero-order chi connectivity index (χ0) is 12.4. The van der Waals surface area contributed by atoms with Crippen molar-refractivity contribution in [3.05, 3.63) is 17.7 Å². The van der Waals surface area contributed by atoms with E-state index in [9.17, 15) is 4.79 Å². The molecule has 1 aromatic rings. The molecule has 0 radical (unpaired) electrons. The van der Waals surface area contributed by atoms with E-state index in [1.54, 1.807) is 6.33 Å². The van der Waals surface area contributed by atoms with Crippen LogP contribution in [0.15, 0.2) is 6.33 Å². The molecule has 0 spiro atoms. The van der Waals surface area contributed by atoms with E-state index in [-0.39, 0.29) is 12.0 Å². The van der Waals surface area contributed by atoms with Gasteiger partial charge in [-0.2, -0.15) is 0 Å². The van der Waals surface area contributed by atoms with Crippen molar-refractivity contribution in [2.75, 3.05) is 6.61 Å². The maximum Gasteiger partial charge on any atom is 0.329 e. The molecule has 0 saturated heterocycles. The van der Waals surface area contributed by atoms with Crippen molar-refractivity contribution in [2.24, 2.45) is 0 Å². The third-order valence-electron chi connectivity index (χ3n) is 3.26. The number of ether oxygens (including phenoxy) is 1. The van der Waals surface area contributed by atoms with Crippen molar-refractivity contribution >= 4 is 5.97 Å². The van der Waals surface area contributed by atoms with Crippen LogP contribution in [0.4, 0.5) is 0 Å². The maximum atomic E-state index is 11.9. The minimum atomic E-state index is -0.168. The van der Waals surface area contributed by atoms with Crippen LogP contribution in [-0.2, 0) is 16.0 Å². The number of aromatic nitrogens is 2. The zero-order valence-corrected chi connectivity index (χ0v) is 10.8. The van der Waals surface area contributed by atoms with Gasteiger partial charge in [0.2, 0.25) is 0 Å². The zero-order valence-electron chi connectivity index (χ0n) is 10.8. The summed E-state index contributed by atoms with van der Waals surface area (Å²) in [5, 5.41) is 0. The summed E-state index contributed by atoms with van der Waals surface area (Å²) in [6, 6.07) is -0.168. The number of hydrogen-bond acceptors (Lipinski definition) is 3. The van der Waals surface area contributed by atoms with Crippen molar-refractivity contribution in [1.82, 2.24) is 9.55 Å². The highest BCUT2D eigenvalue weighted by Crippen LogP contribution is 2.30. The van der Waals surface area contributed by atoms with Gasteiger partial charge >= 0.3 is 5.97 Å². The van der Waals surface area contributed by atoms with Gasteiger partial charge in [-0.15, -0.1) is 0 Å². The third-order valence-corrected chi connectivity index (χ3v) is 3.26. The molecule has 94 valence electrons. The Morgan fingerprint density at radius 1 is 1.65 bits per heavy atom. The normalized spacial score (nSPS) is 19.2. The Kier molecular flexibility index (Phi) is 3.50. The molecule has 4 heteroatoms. The van der Waals surface area contributed by atoms with Crippen LogP contribution in [-0.4, -0.2) is 22.1 Å². The summed E-state index contributed by atoms with van der Waals surface area (Å²) in [5.41, 5.74) is 2.34. The summed E-state index contributed by atoms with van der Waals surface area (Å²) in [4.78, 5) is 16.3. The lowest BCUT2D eigenvalue weighted by Gasteiger charge is -2.24. The number of imidazole rings is 1. The van der Waals surface area contributed by atoms with Crippen LogP contribution in [0.5, 0.6) is 0 Å². The average molecular weight is 236 g/mol. The lowest BCUT2D eigenvalue weighted by molar-refractivity contribution is -0.147. The second-order valence-electron chi connectivity index (χ2n) is 4.80. The van der Waals surface area contributed by atoms with Crippen molar-refractivity contribution in [3.8, 4) is 0 Å². The fraction of sp³-hybridized carbons (Fsp3) is 0.692. The Morgan fingerprint density at radius 2 is 2.41 bits per heavy atom. The van der Waals surface area contributed by atoms with E-state index in [1.165, 1.54) is 5.69 Å². The first-order valence-electron chi connectivity index (χ1n) is 6.37. The molecule has 1 aliphatic heterocycles. The predicted octanol–water partition coefficient (Wildman–Crippen LogP) is 2.45. The molecule has 2 heterocycles. The molecular weight excluding hydrogens is 216 g/mol. The van der Waals surface area contributed by atoms with Gasteiger partial charge in [0.05, 0.1) is 18.6 Å². The summed E-state index contributed by atoms with van der Waals surface area (Å²) in [7, 11) is 0. The molecule has 0 saturated carbocycles. The lowest BCUT2D eigenvalue weighted by atomic mass is 9.98. The van der Waals surface area contributed by atoms with Crippen LogP contribution in [0.3, 0.4) is 0 Å². The van der Waals surface area contributed by atoms with Gasteiger partial charge in [-0.05, 0) is 32.1 Å². The molecule has 0 aliphatic carbocycles. The lowest BCUT2D eigenvalue weighted by Crippen LogP contribution is -2.26. The fourth-order valence-electron chi connectivity index (χ4n) is 2.48. The maximum absolute atomic E-state index is 11.9. The van der Waals surface area contributed by atoms with Gasteiger partial charge in [-0.3, -0.25) is 0 Å². The third kappa shape index (κ3) is 2.21. The number of carbonyl (C=O) groups is 1. The highest BCUT2D eigenvalue weighted by molar-refractivity contribution is 5.74. The first-order chi connectivity index (χ1) is 8.15. The molecule has 4 nitrogen and oxygen atoms in total. The molecule has 2 rings (SSSR count). The summed E-state index contributed by atoms with van der Waals surface area (Å²) in [6.07, 6.45) is 4.71. The van der Waals surface area contributed by atoms with Gasteiger partial charge in [0.1, 0.15) is 6.04 Å². The molecular formula is C13H20N2O2. The van der Waals surface area contributed by atoms with Crippen LogP contribution in [0.2, 0.25) is 0 Å². The van der Waals surface area contributed by atoms with Crippen LogP contribution in [0, 0.1) is 0 Å². The SMILES string of the molecule is CCOC(=O)C1CCCc2c(C(C)C)ncn21. The average Bonchev–Trinajstić information content (AvgIpc) is 2.72. The highest BCUT2D eigenvalue weighted by Gasteiger charge is 2.29. The minimum Gasteiger partial charge on any atom is -0.464 e. The fourth-order valence-corrected chi connectivity index (χ4v) is 2.48. The molecule has 1 atom stereocenters. The van der Waals surface area contributed by atoms with Gasteiger partial charge < -0.3 is 9.30 Å². The Labute approximate surface area is 102 Å². The second-order valence-corrected chi connectivity index (χ2v) is 4.80. The van der Waals surface area contributed by atoms with Crippen LogP contribution < -0.4 is 0 Å². The summed E-state index contributed by atoms with van der Waals surface area (Å²) >= 11 is 0. The van der Waals surface area contributed by atoms with Crippen LogP contribution >= 0.6 is 0 Å². The quantitative estimate of drug-likeness (QED) is 0.757. The molecule has 1 unspecified atom stereocenters. The van der Waals surface area contributed by atoms with Crippen LogP contribution in [0.25, 0.3) is 0 Å². The molecule has 0 aromatic carbocycles. The monoisotopic (exact) mass is 236 g/mol. The number of carbonyl (C=O) groups excluding carboxylic acids is 1. The number of fused-ring (bicyclic) bond motifs is 1. The van der Waals surface area contributed by atoms with E-state index in [4.69, 9.17) is 4.74 Å². The summed E-state index contributed by atoms with van der Waals surface area (Å²) in [6.45, 7) is 6.56. The Bertz CT molecular complexity index is 410. The smallest absolute Gasteiger partial charge is 0.329 e. The van der Waals surface area contributed by atoms with Crippen molar-refractivity contribution in [2.45, 2.75) is 52.0 Å². The first-order valence-corrected chi connectivity index (χ1v) is 6.37. The molecule has 17 heavy (non-hydrogen) atoms. The van der Waals surface area contributed by atoms with Gasteiger partial charge in [0.25, 0.3) is 0 Å². The topological polar surface area (TPSA) is 44.1 Å². The summed E-state index contributed by atoms with van der Waals surface area (Å²) < 4.78 is 7.13. The Balaban J connectivity index is 2.29. The molecule has 0 amide bonds. The molecule has 1 aromatic heterocycles. The molecule has 0 bridgehead atoms. The van der Waals surface area contributed by atoms with E-state index < -0.39 is 0 Å². The Hall–Kier alpha value is -1.32. The van der Waals surface area contributed by atoms with Gasteiger partial charge in [0, 0.05) is 5.69 Å². The van der Waals surface area contributed by atoms with E-state index in [0.29, 0.717) is 12.5 Å². The number of hydrogen-bond donors (Lipinski definition) is 0. The van der Waals surface area contributed by atoms with Gasteiger partial charge in [0.15, 0.2) is 0 Å². The van der Waals surface area contributed by atoms with E-state index in [1.807, 2.05) is 11.5 Å². The van der Waals surface area contributed by atoms with E-state index in [2.05, 4.69) is 18.8 Å². The van der Waals surface area contributed by atoms with Gasteiger partial charge in [-0.25, -0.2) is 9.78 Å². The van der Waals surface area contributed by atoms with E-state index >= 15 is 0 Å². The largest absolute Gasteiger partial charge is 0.464 e. The second kappa shape index (κ2) is 4.90. The van der Waals surface area contributed by atoms with Crippen LogP contribution in [0.1, 0.15) is 57.0 Å². The van der Waals surface area contributed by atoms with Gasteiger partial charge in [-0.1, -0.05) is 13.8 Å². The van der Waals surface area contributed by atoms with Crippen molar-refractivity contribution in [1.29, 1.82) is 0 Å². The Morgan fingerprint density at radius 3 is 3.06 bits per heavy atom. The molecule has 0 fully saturated rings. The number of rotatable bonds is 3. The first kappa shape index (κ1) is 12.1. The predicted molar refractivity (Wildman–Crippen MR) is 64.9 cm³/mol. The van der Waals surface area contributed by atoms with E-state index in [0.717, 1.165) is 25.0 Å². The molecule has 0 N–H and O–H groups in total. The van der Waals surface area contributed by atoms with Crippen molar-refractivity contribution in [3.63, 3.8) is 0 Å². The number of nitrogens with zero attached hydrogens (tertiary/aromatic N) is 2.